The summed E-state index contributed by atoms with van der Waals surface area (Å²) < 4.78 is 101. The molecule has 6 atom stereocenters. The number of carbonyl (C=O) groups is 2. The van der Waals surface area contributed by atoms with Crippen molar-refractivity contribution in [2.75, 3.05) is 0 Å². The minimum atomic E-state index is -5.18. The van der Waals surface area contributed by atoms with Crippen LogP contribution in [0.1, 0.15) is 36.1 Å². The van der Waals surface area contributed by atoms with Gasteiger partial charge < -0.3 is 24.4 Å². The summed E-state index contributed by atoms with van der Waals surface area (Å²) in [5.41, 5.74) is -11.2. The average molecular weight is 797 g/mol. The minimum absolute atomic E-state index is 0.532. The van der Waals surface area contributed by atoms with Crippen molar-refractivity contribution in [3.8, 4) is 0 Å². The number of aliphatic carboxylic acids is 2. The lowest BCUT2D eigenvalue weighted by Crippen LogP contribution is -2.51. The van der Waals surface area contributed by atoms with Crippen molar-refractivity contribution < 1.29 is 70.2 Å². The van der Waals surface area contributed by atoms with Crippen LogP contribution in [0.5, 0.6) is 0 Å². The third-order valence-corrected chi connectivity index (χ3v) is 9.01. The third-order valence-electron chi connectivity index (χ3n) is 8.24. The Morgan fingerprint density at radius 1 is 0.717 bits per heavy atom. The van der Waals surface area contributed by atoms with Gasteiger partial charge in [-0.1, -0.05) is 59.6 Å². The Balaban J connectivity index is 1.95. The Kier molecular flexibility index (Phi) is 11.4. The molecule has 2 aromatic carbocycles. The first-order valence-electron chi connectivity index (χ1n) is 14.8. The maximum Gasteiger partial charge on any atom is 0.416 e. The predicted molar refractivity (Wildman–Crippen MR) is 169 cm³/mol. The number of alkyl halides is 6. The van der Waals surface area contributed by atoms with Gasteiger partial charge in [0.05, 0.1) is 21.2 Å². The number of carboxylic acids is 2. The van der Waals surface area contributed by atoms with Crippen molar-refractivity contribution >= 4 is 35.1 Å². The summed E-state index contributed by atoms with van der Waals surface area (Å²) in [6, 6.07) is 6.53. The summed E-state index contributed by atoms with van der Waals surface area (Å²) in [4.78, 5) is 46.7. The molecule has 0 aliphatic heterocycles. The van der Waals surface area contributed by atoms with E-state index in [0.29, 0.717) is 36.4 Å². The zero-order valence-corrected chi connectivity index (χ0v) is 28.2. The molecule has 284 valence electrons. The summed E-state index contributed by atoms with van der Waals surface area (Å²) in [5, 5.41) is 42.8. The number of nitro groups is 2. The fourth-order valence-corrected chi connectivity index (χ4v) is 6.29. The van der Waals surface area contributed by atoms with E-state index in [9.17, 15) is 66.4 Å². The second kappa shape index (κ2) is 14.8. The maximum absolute atomic E-state index is 14.2. The highest BCUT2D eigenvalue weighted by Crippen LogP contribution is 2.50. The van der Waals surface area contributed by atoms with E-state index in [1.165, 1.54) is 0 Å². The Labute approximate surface area is 303 Å². The van der Waals surface area contributed by atoms with Gasteiger partial charge in [-0.3, -0.25) is 20.2 Å². The summed E-state index contributed by atoms with van der Waals surface area (Å²) >= 11 is 13.0. The van der Waals surface area contributed by atoms with Gasteiger partial charge in [-0.05, 0) is 38.1 Å². The van der Waals surface area contributed by atoms with E-state index in [2.05, 4.69) is 0 Å². The van der Waals surface area contributed by atoms with E-state index in [0.717, 1.165) is 50.2 Å². The van der Waals surface area contributed by atoms with Gasteiger partial charge in [-0.15, -0.1) is 0 Å². The number of carboxylic acid groups (broad SMARTS) is 2. The zero-order valence-electron chi connectivity index (χ0n) is 26.7. The Bertz CT molecular complexity index is 1830. The second-order valence-electron chi connectivity index (χ2n) is 11.4. The molecule has 0 bridgehead atoms. The minimum Gasteiger partial charge on any atom is -0.479 e. The lowest BCUT2D eigenvalue weighted by molar-refractivity contribution is -0.576. The zero-order chi connectivity index (χ0) is 39.8. The van der Waals surface area contributed by atoms with Gasteiger partial charge in [0.15, 0.2) is 24.4 Å². The van der Waals surface area contributed by atoms with Crippen LogP contribution in [0.3, 0.4) is 0 Å². The lowest BCUT2D eigenvalue weighted by Gasteiger charge is -2.37. The summed E-state index contributed by atoms with van der Waals surface area (Å²) in [5.74, 6) is -4.83. The molecule has 4 rings (SSSR count). The van der Waals surface area contributed by atoms with E-state index in [1.54, 1.807) is 0 Å². The first kappa shape index (κ1) is 40.8. The molecule has 0 heterocycles. The highest BCUT2D eigenvalue weighted by atomic mass is 35.5. The number of hydrogen-bond acceptors (Lipinski definition) is 9. The molecule has 53 heavy (non-hydrogen) atoms. The molecule has 13 nitrogen and oxygen atoms in total. The molecule has 2 aliphatic carbocycles. The van der Waals surface area contributed by atoms with Crippen LogP contribution in [-0.4, -0.2) is 56.4 Å². The van der Waals surface area contributed by atoms with Crippen molar-refractivity contribution in [1.29, 1.82) is 0 Å². The molecule has 2 aliphatic rings. The lowest BCUT2D eigenvalue weighted by atomic mass is 9.78. The molecule has 21 heteroatoms. The normalized spacial score (nSPS) is 24.5. The van der Waals surface area contributed by atoms with Gasteiger partial charge in [0.25, 0.3) is 11.1 Å². The van der Waals surface area contributed by atoms with E-state index < -0.39 is 113 Å². The van der Waals surface area contributed by atoms with E-state index in [-0.39, 0.29) is 0 Å². The quantitative estimate of drug-likeness (QED) is 0.126. The monoisotopic (exact) mass is 796 g/mol. The SMILES string of the molecule is CC(OC1C(Cl)=C(OC2=C(Cl)C(OC(C)C(=O)O)C(c3ccccc3C(F)(F)F)([N+](=O)[O-])C=C2)C=CC1(c1ccccc1C(F)(F)F)[N+](=O)[O-])C(=O)O. The second-order valence-corrected chi connectivity index (χ2v) is 12.3. The van der Waals surface area contributed by atoms with Gasteiger partial charge in [0.2, 0.25) is 0 Å². The van der Waals surface area contributed by atoms with Crippen LogP contribution in [0.25, 0.3) is 0 Å². The van der Waals surface area contributed by atoms with Crippen molar-refractivity contribution in [2.45, 2.75) is 61.7 Å². The summed E-state index contributed by atoms with van der Waals surface area (Å²) in [6.45, 7) is 1.80. The molecule has 0 aromatic heterocycles. The molecule has 6 unspecified atom stereocenters. The molecule has 2 aromatic rings. The Morgan fingerprint density at radius 2 is 1.04 bits per heavy atom. The number of hydrogen-bond donors (Lipinski definition) is 2. The van der Waals surface area contributed by atoms with Gasteiger partial charge in [-0.25, -0.2) is 9.59 Å². The number of rotatable bonds is 12. The van der Waals surface area contributed by atoms with Gasteiger partial charge in [0.1, 0.15) is 11.5 Å². The van der Waals surface area contributed by atoms with Crippen LogP contribution < -0.4 is 0 Å². The molecule has 0 amide bonds. The molecule has 2 N–H and O–H groups in total. The fourth-order valence-electron chi connectivity index (χ4n) is 5.65. The fraction of sp³-hybridized carbons (Fsp3) is 0.312. The number of ether oxygens (including phenoxy) is 3. The van der Waals surface area contributed by atoms with Crippen molar-refractivity contribution in [3.05, 3.63) is 137 Å². The highest BCUT2D eigenvalue weighted by Gasteiger charge is 2.61. The Hall–Kier alpha value is -4.98. The third kappa shape index (κ3) is 7.46. The number of halogens is 8. The molecule has 0 spiro atoms. The first-order valence-corrected chi connectivity index (χ1v) is 15.5. The van der Waals surface area contributed by atoms with Crippen LogP contribution in [0.15, 0.2) is 94.4 Å². The number of allylic oxidation sites excluding steroid dienone is 2. The molecule has 0 fully saturated rings. The first-order chi connectivity index (χ1) is 24.5. The smallest absolute Gasteiger partial charge is 0.416 e. The maximum atomic E-state index is 14.2. The summed E-state index contributed by atoms with van der Waals surface area (Å²) in [6.07, 6.45) is -16.4. The van der Waals surface area contributed by atoms with Crippen LogP contribution in [0, 0.1) is 20.2 Å². The Morgan fingerprint density at radius 3 is 1.32 bits per heavy atom. The molecule has 0 saturated heterocycles. The van der Waals surface area contributed by atoms with Gasteiger partial charge in [-0.2, -0.15) is 26.3 Å². The largest absolute Gasteiger partial charge is 0.479 e. The van der Waals surface area contributed by atoms with Crippen molar-refractivity contribution in [2.24, 2.45) is 0 Å². The number of benzene rings is 2. The summed E-state index contributed by atoms with van der Waals surface area (Å²) in [7, 11) is 0. The van der Waals surface area contributed by atoms with Crippen molar-refractivity contribution in [1.82, 2.24) is 0 Å². The van der Waals surface area contributed by atoms with Crippen LogP contribution in [0.4, 0.5) is 26.3 Å². The topological polar surface area (TPSA) is 189 Å². The van der Waals surface area contributed by atoms with E-state index in [4.69, 9.17) is 37.4 Å². The van der Waals surface area contributed by atoms with Crippen LogP contribution in [0.2, 0.25) is 0 Å². The standard InChI is InChI=1S/C32H24Cl2F6N2O11/c1-15(27(43)44)51-25-23(33)21(11-13-29(25,41(47)48)17-7-3-5-9-19(17)31(35,36)37)53-22-12-14-30(42(49)50,26(24(22)34)52-16(2)28(45)46)18-8-4-6-10-20(18)32(38,39)40/h3-16,25-26H,1-2H3,(H,43,44)(H,45,46). The van der Waals surface area contributed by atoms with Gasteiger partial charge >= 0.3 is 24.3 Å². The number of nitrogens with zero attached hydrogens (tertiary/aromatic N) is 2. The molecule has 0 radical (unpaired) electrons. The molecule has 0 saturated carbocycles. The van der Waals surface area contributed by atoms with Gasteiger partial charge in [0, 0.05) is 33.1 Å². The molecular formula is C32H24Cl2F6N2O11. The van der Waals surface area contributed by atoms with Crippen molar-refractivity contribution in [3.63, 3.8) is 0 Å². The highest BCUT2D eigenvalue weighted by molar-refractivity contribution is 6.31. The average Bonchev–Trinajstić information content (AvgIpc) is 3.07. The van der Waals surface area contributed by atoms with E-state index >= 15 is 0 Å². The van der Waals surface area contributed by atoms with Crippen LogP contribution in [-0.2, 0) is 47.2 Å². The van der Waals surface area contributed by atoms with E-state index in [1.807, 2.05) is 0 Å². The van der Waals surface area contributed by atoms with Crippen LogP contribution >= 0.6 is 23.2 Å². The molecular weight excluding hydrogens is 773 g/mol. The predicted octanol–water partition coefficient (Wildman–Crippen LogP) is 7.14.